The lowest BCUT2D eigenvalue weighted by molar-refractivity contribution is -0.123. The molecule has 0 radical (unpaired) electrons. The minimum Gasteiger partial charge on any atom is -0.347 e. The second-order valence-corrected chi connectivity index (χ2v) is 7.57. The van der Waals surface area contributed by atoms with Crippen LogP contribution in [-0.4, -0.2) is 11.8 Å². The van der Waals surface area contributed by atoms with Crippen LogP contribution in [0.4, 0.5) is 0 Å². The maximum absolute atomic E-state index is 13.0. The molecule has 0 spiro atoms. The first-order valence-corrected chi connectivity index (χ1v) is 10.2. The molecule has 0 aliphatic rings. The molecule has 0 unspecified atom stereocenters. The molecule has 0 bridgehead atoms. The van der Waals surface area contributed by atoms with Crippen LogP contribution >= 0.6 is 11.3 Å². The zero-order chi connectivity index (χ0) is 19.9. The van der Waals surface area contributed by atoms with Crippen LogP contribution in [0.15, 0.2) is 72.1 Å². The maximum Gasteiger partial charge on any atom is 0.262 e. The van der Waals surface area contributed by atoms with Crippen LogP contribution in [0.1, 0.15) is 52.3 Å². The number of benzene rings is 2. The lowest BCUT2D eigenvalue weighted by Crippen LogP contribution is -2.41. The van der Waals surface area contributed by atoms with Gasteiger partial charge in [0.2, 0.25) is 5.91 Å². The van der Waals surface area contributed by atoms with E-state index in [1.807, 2.05) is 60.8 Å². The molecule has 5 heteroatoms. The molecule has 1 aromatic heterocycles. The summed E-state index contributed by atoms with van der Waals surface area (Å²) in [5.41, 5.74) is 3.04. The van der Waals surface area contributed by atoms with Gasteiger partial charge in [0, 0.05) is 0 Å². The average Bonchev–Trinajstić information content (AvgIpc) is 3.27. The van der Waals surface area contributed by atoms with Crippen molar-refractivity contribution in [2.75, 3.05) is 0 Å². The fourth-order valence-electron chi connectivity index (χ4n) is 2.98. The molecule has 1 heterocycles. The fourth-order valence-corrected chi connectivity index (χ4v) is 3.60. The highest BCUT2D eigenvalue weighted by atomic mass is 32.1. The Hall–Kier alpha value is -2.92. The van der Waals surface area contributed by atoms with Gasteiger partial charge in [-0.3, -0.25) is 9.59 Å². The quantitative estimate of drug-likeness (QED) is 0.614. The first-order valence-electron chi connectivity index (χ1n) is 9.37. The zero-order valence-electron chi connectivity index (χ0n) is 16.0. The third-order valence-electron chi connectivity index (χ3n) is 4.66. The third kappa shape index (κ3) is 4.87. The maximum atomic E-state index is 13.0. The summed E-state index contributed by atoms with van der Waals surface area (Å²) >= 11 is 1.35. The van der Waals surface area contributed by atoms with Crippen LogP contribution in [0.5, 0.6) is 0 Å². The minimum absolute atomic E-state index is 0.164. The Bertz CT molecular complexity index is 906. The Morgan fingerprint density at radius 1 is 0.893 bits per heavy atom. The van der Waals surface area contributed by atoms with Crippen molar-refractivity contribution in [2.24, 2.45) is 0 Å². The summed E-state index contributed by atoms with van der Waals surface area (Å²) in [5.74, 6) is -0.484. The molecule has 0 aliphatic heterocycles. The van der Waals surface area contributed by atoms with Gasteiger partial charge < -0.3 is 10.6 Å². The molecule has 2 N–H and O–H groups in total. The van der Waals surface area contributed by atoms with Gasteiger partial charge in [-0.05, 0) is 41.5 Å². The van der Waals surface area contributed by atoms with Crippen molar-refractivity contribution in [3.63, 3.8) is 0 Å². The third-order valence-corrected chi connectivity index (χ3v) is 5.53. The van der Waals surface area contributed by atoms with Crippen molar-refractivity contribution >= 4 is 23.2 Å². The number of carbonyl (C=O) groups is 2. The molecule has 2 atom stereocenters. The molecule has 0 saturated heterocycles. The highest BCUT2D eigenvalue weighted by molar-refractivity contribution is 7.12. The van der Waals surface area contributed by atoms with E-state index in [4.69, 9.17) is 0 Å². The predicted molar refractivity (Wildman–Crippen MR) is 113 cm³/mol. The summed E-state index contributed by atoms with van der Waals surface area (Å²) in [6.07, 6.45) is 0.978. The SMILES string of the molecule is CCc1ccc([C@H](C)NC(=O)[C@H](NC(=O)c2cccs2)c2ccccc2)cc1. The lowest BCUT2D eigenvalue weighted by Gasteiger charge is -2.22. The fraction of sp³-hybridized carbons (Fsp3) is 0.217. The molecule has 0 aliphatic carbocycles. The van der Waals surface area contributed by atoms with Crippen LogP contribution in [0.3, 0.4) is 0 Å². The van der Waals surface area contributed by atoms with E-state index in [1.165, 1.54) is 16.9 Å². The van der Waals surface area contributed by atoms with Crippen LogP contribution < -0.4 is 10.6 Å². The molecular formula is C23H24N2O2S. The van der Waals surface area contributed by atoms with Crippen molar-refractivity contribution in [1.82, 2.24) is 10.6 Å². The van der Waals surface area contributed by atoms with Gasteiger partial charge in [0.25, 0.3) is 5.91 Å². The molecule has 2 aromatic carbocycles. The number of aryl methyl sites for hydroxylation is 1. The number of nitrogens with one attached hydrogen (secondary N) is 2. The van der Waals surface area contributed by atoms with Gasteiger partial charge in [-0.15, -0.1) is 11.3 Å². The average molecular weight is 393 g/mol. The number of hydrogen-bond acceptors (Lipinski definition) is 3. The topological polar surface area (TPSA) is 58.2 Å². The summed E-state index contributed by atoms with van der Waals surface area (Å²) in [6, 6.07) is 20.2. The van der Waals surface area contributed by atoms with E-state index in [0.29, 0.717) is 4.88 Å². The molecule has 28 heavy (non-hydrogen) atoms. The Labute approximate surface area is 169 Å². The molecule has 4 nitrogen and oxygen atoms in total. The second-order valence-electron chi connectivity index (χ2n) is 6.62. The highest BCUT2D eigenvalue weighted by Crippen LogP contribution is 2.19. The van der Waals surface area contributed by atoms with E-state index in [9.17, 15) is 9.59 Å². The van der Waals surface area contributed by atoms with Crippen molar-refractivity contribution < 1.29 is 9.59 Å². The van der Waals surface area contributed by atoms with Gasteiger partial charge in [0.15, 0.2) is 0 Å². The molecular weight excluding hydrogens is 368 g/mol. The Balaban J connectivity index is 1.76. The van der Waals surface area contributed by atoms with Gasteiger partial charge in [-0.1, -0.05) is 67.6 Å². The molecule has 0 saturated carbocycles. The van der Waals surface area contributed by atoms with Gasteiger partial charge in [0.1, 0.15) is 6.04 Å². The van der Waals surface area contributed by atoms with Crippen LogP contribution in [0.25, 0.3) is 0 Å². The number of rotatable bonds is 7. The molecule has 3 aromatic rings. The summed E-state index contributed by atoms with van der Waals surface area (Å²) in [5, 5.41) is 7.74. The van der Waals surface area contributed by atoms with E-state index in [0.717, 1.165) is 17.5 Å². The van der Waals surface area contributed by atoms with Crippen LogP contribution in [0.2, 0.25) is 0 Å². The van der Waals surface area contributed by atoms with E-state index in [1.54, 1.807) is 6.07 Å². The standard InChI is InChI=1S/C23H24N2O2S/c1-3-17-11-13-18(14-12-17)16(2)24-23(27)21(19-8-5-4-6-9-19)25-22(26)20-10-7-15-28-20/h4-16,21H,3H2,1-2H3,(H,24,27)(H,25,26)/t16-,21+/m0/s1. The summed E-state index contributed by atoms with van der Waals surface area (Å²) in [7, 11) is 0. The monoisotopic (exact) mass is 392 g/mol. The van der Waals surface area contributed by atoms with Gasteiger partial charge in [0.05, 0.1) is 10.9 Å². The van der Waals surface area contributed by atoms with Gasteiger partial charge in [-0.2, -0.15) is 0 Å². The molecule has 3 rings (SSSR count). The van der Waals surface area contributed by atoms with Crippen LogP contribution in [0, 0.1) is 0 Å². The Morgan fingerprint density at radius 3 is 2.21 bits per heavy atom. The van der Waals surface area contributed by atoms with E-state index in [-0.39, 0.29) is 17.9 Å². The van der Waals surface area contributed by atoms with Crippen molar-refractivity contribution in [3.05, 3.63) is 93.7 Å². The number of carbonyl (C=O) groups excluding carboxylic acids is 2. The summed E-state index contributed by atoms with van der Waals surface area (Å²) in [6.45, 7) is 4.06. The second kappa shape index (κ2) is 9.33. The summed E-state index contributed by atoms with van der Waals surface area (Å²) in [4.78, 5) is 26.2. The smallest absolute Gasteiger partial charge is 0.262 e. The van der Waals surface area contributed by atoms with Gasteiger partial charge in [-0.25, -0.2) is 0 Å². The number of amides is 2. The van der Waals surface area contributed by atoms with E-state index >= 15 is 0 Å². The van der Waals surface area contributed by atoms with Crippen molar-refractivity contribution in [1.29, 1.82) is 0 Å². The molecule has 144 valence electrons. The molecule has 2 amide bonds. The normalized spacial score (nSPS) is 12.8. The number of hydrogen-bond donors (Lipinski definition) is 2. The lowest BCUT2D eigenvalue weighted by atomic mass is 10.0. The Kier molecular flexibility index (Phi) is 6.61. The largest absolute Gasteiger partial charge is 0.347 e. The predicted octanol–water partition coefficient (Wildman–Crippen LogP) is 4.66. The first-order chi connectivity index (χ1) is 13.6. The van der Waals surface area contributed by atoms with E-state index < -0.39 is 6.04 Å². The zero-order valence-corrected chi connectivity index (χ0v) is 16.8. The number of thiophene rings is 1. The minimum atomic E-state index is -0.756. The van der Waals surface area contributed by atoms with Crippen LogP contribution in [-0.2, 0) is 11.2 Å². The van der Waals surface area contributed by atoms with E-state index in [2.05, 4.69) is 29.7 Å². The van der Waals surface area contributed by atoms with Crippen molar-refractivity contribution in [2.45, 2.75) is 32.4 Å². The van der Waals surface area contributed by atoms with Gasteiger partial charge >= 0.3 is 0 Å². The van der Waals surface area contributed by atoms with Crippen molar-refractivity contribution in [3.8, 4) is 0 Å². The first kappa shape index (κ1) is 19.8. The molecule has 0 fully saturated rings. The summed E-state index contributed by atoms with van der Waals surface area (Å²) < 4.78 is 0. The highest BCUT2D eigenvalue weighted by Gasteiger charge is 2.25. The Morgan fingerprint density at radius 2 is 1.61 bits per heavy atom.